The van der Waals surface area contributed by atoms with E-state index in [-0.39, 0.29) is 11.6 Å². The van der Waals surface area contributed by atoms with E-state index in [1.54, 1.807) is 11.8 Å². The molecular weight excluding hydrogens is 472 g/mol. The van der Waals surface area contributed by atoms with E-state index in [4.69, 9.17) is 14.2 Å². The van der Waals surface area contributed by atoms with E-state index >= 15 is 0 Å². The molecule has 0 fully saturated rings. The lowest BCUT2D eigenvalue weighted by molar-refractivity contribution is 0.147. The number of ether oxygens (including phenoxy) is 3. The number of hydrogen-bond donors (Lipinski definition) is 1. The minimum Gasteiger partial charge on any atom is -0.486 e. The Hall–Kier alpha value is -3.76. The molecule has 1 unspecified atom stereocenters. The Bertz CT molecular complexity index is 1390. The molecule has 1 aliphatic heterocycles. The van der Waals surface area contributed by atoms with Gasteiger partial charge in [-0.15, -0.1) is 5.10 Å². The molecule has 1 aliphatic rings. The highest BCUT2D eigenvalue weighted by Gasteiger charge is 2.27. The van der Waals surface area contributed by atoms with Crippen molar-refractivity contribution in [2.24, 2.45) is 0 Å². The third-order valence-electron chi connectivity index (χ3n) is 6.55. The van der Waals surface area contributed by atoms with E-state index in [0.717, 1.165) is 35.1 Å². The summed E-state index contributed by atoms with van der Waals surface area (Å²) in [7, 11) is 1.66. The van der Waals surface area contributed by atoms with Crippen molar-refractivity contribution in [3.8, 4) is 11.5 Å². The molecule has 2 aromatic carbocycles. The lowest BCUT2D eigenvalue weighted by Gasteiger charge is -2.31. The van der Waals surface area contributed by atoms with Crippen LogP contribution >= 0.6 is 0 Å². The zero-order valence-corrected chi connectivity index (χ0v) is 21.2. The average Bonchev–Trinajstić information content (AvgIpc) is 3.38. The summed E-state index contributed by atoms with van der Waals surface area (Å²) in [5.41, 5.74) is 2.41. The standard InChI is InChI=1S/C27H32N6O4/c1-3-7-23(26-29-30-31-33(26)10-11-35-2)32(17-19-8-5-4-6-9-19)18-21-14-20-15-24-25(37-13-12-36-24)16-22(20)28-27(21)34/h4-6,8-9,14-16,23H,3,7,10-13,17-18H2,1-2H3,(H,28,34). The molecule has 4 aromatic rings. The number of nitrogens with one attached hydrogen (secondary N) is 1. The summed E-state index contributed by atoms with van der Waals surface area (Å²) >= 11 is 0. The zero-order valence-electron chi connectivity index (χ0n) is 21.2. The van der Waals surface area contributed by atoms with Crippen LogP contribution in [-0.2, 0) is 24.4 Å². The van der Waals surface area contributed by atoms with Crippen molar-refractivity contribution >= 4 is 10.9 Å². The van der Waals surface area contributed by atoms with Gasteiger partial charge in [0.15, 0.2) is 17.3 Å². The van der Waals surface area contributed by atoms with Crippen LogP contribution in [0.4, 0.5) is 0 Å². The summed E-state index contributed by atoms with van der Waals surface area (Å²) in [6.07, 6.45) is 1.77. The molecule has 0 saturated carbocycles. The maximum atomic E-state index is 13.2. The minimum atomic E-state index is -0.128. The van der Waals surface area contributed by atoms with Crippen molar-refractivity contribution in [3.05, 3.63) is 75.8 Å². The van der Waals surface area contributed by atoms with Gasteiger partial charge in [0.25, 0.3) is 5.56 Å². The van der Waals surface area contributed by atoms with Crippen molar-refractivity contribution in [2.75, 3.05) is 26.9 Å². The highest BCUT2D eigenvalue weighted by molar-refractivity contribution is 5.83. The Labute approximate surface area is 215 Å². The maximum absolute atomic E-state index is 13.2. The third-order valence-corrected chi connectivity index (χ3v) is 6.55. The van der Waals surface area contributed by atoms with Gasteiger partial charge in [0.05, 0.1) is 24.7 Å². The number of tetrazole rings is 1. The maximum Gasteiger partial charge on any atom is 0.252 e. The molecule has 0 spiro atoms. The van der Waals surface area contributed by atoms with Crippen molar-refractivity contribution in [3.63, 3.8) is 0 Å². The van der Waals surface area contributed by atoms with Crippen molar-refractivity contribution in [1.29, 1.82) is 0 Å². The normalized spacial score (nSPS) is 13.8. The van der Waals surface area contributed by atoms with Gasteiger partial charge in [-0.1, -0.05) is 43.7 Å². The average molecular weight is 505 g/mol. The van der Waals surface area contributed by atoms with Crippen LogP contribution < -0.4 is 15.0 Å². The van der Waals surface area contributed by atoms with E-state index < -0.39 is 0 Å². The first-order chi connectivity index (χ1) is 18.2. The molecule has 1 N–H and O–H groups in total. The number of rotatable bonds is 11. The highest BCUT2D eigenvalue weighted by atomic mass is 16.6. The fourth-order valence-electron chi connectivity index (χ4n) is 4.75. The minimum absolute atomic E-state index is 0.0903. The number of aromatic amines is 1. The topological polar surface area (TPSA) is 107 Å². The fourth-order valence-corrected chi connectivity index (χ4v) is 4.75. The first-order valence-electron chi connectivity index (χ1n) is 12.6. The summed E-state index contributed by atoms with van der Waals surface area (Å²) in [6, 6.07) is 15.9. The number of pyridine rings is 1. The second-order valence-corrected chi connectivity index (χ2v) is 9.15. The summed E-state index contributed by atoms with van der Waals surface area (Å²) in [5, 5.41) is 13.5. The van der Waals surface area contributed by atoms with Crippen LogP contribution in [0.25, 0.3) is 10.9 Å². The van der Waals surface area contributed by atoms with Crippen molar-refractivity contribution in [1.82, 2.24) is 30.1 Å². The van der Waals surface area contributed by atoms with Gasteiger partial charge < -0.3 is 19.2 Å². The number of aromatic nitrogens is 5. The second-order valence-electron chi connectivity index (χ2n) is 9.15. The molecule has 1 atom stereocenters. The van der Waals surface area contributed by atoms with Gasteiger partial charge in [0, 0.05) is 37.2 Å². The van der Waals surface area contributed by atoms with E-state index in [0.29, 0.717) is 56.5 Å². The molecule has 2 aromatic heterocycles. The van der Waals surface area contributed by atoms with Crippen LogP contribution in [0.3, 0.4) is 0 Å². The van der Waals surface area contributed by atoms with Crippen LogP contribution in [-0.4, -0.2) is 57.0 Å². The van der Waals surface area contributed by atoms with Crippen LogP contribution in [0.5, 0.6) is 11.5 Å². The van der Waals surface area contributed by atoms with Crippen LogP contribution in [0, 0.1) is 0 Å². The van der Waals surface area contributed by atoms with Gasteiger partial charge >= 0.3 is 0 Å². The van der Waals surface area contributed by atoms with Gasteiger partial charge in [-0.25, -0.2) is 4.68 Å². The first-order valence-corrected chi connectivity index (χ1v) is 12.6. The van der Waals surface area contributed by atoms with Gasteiger partial charge in [0.2, 0.25) is 0 Å². The quantitative estimate of drug-likeness (QED) is 0.331. The van der Waals surface area contributed by atoms with E-state index in [2.05, 4.69) is 44.5 Å². The highest BCUT2D eigenvalue weighted by Crippen LogP contribution is 2.34. The zero-order chi connectivity index (χ0) is 25.6. The molecule has 0 amide bonds. The van der Waals surface area contributed by atoms with Crippen molar-refractivity contribution in [2.45, 2.75) is 45.4 Å². The summed E-state index contributed by atoms with van der Waals surface area (Å²) in [5.74, 6) is 2.12. The van der Waals surface area contributed by atoms with Gasteiger partial charge in [0.1, 0.15) is 13.2 Å². The van der Waals surface area contributed by atoms with E-state index in [1.165, 1.54) is 0 Å². The summed E-state index contributed by atoms with van der Waals surface area (Å²) in [6.45, 7) is 5.29. The number of methoxy groups -OCH3 is 1. The second kappa shape index (κ2) is 11.5. The molecule has 0 radical (unpaired) electrons. The van der Waals surface area contributed by atoms with Crippen LogP contribution in [0.1, 0.15) is 42.8 Å². The lowest BCUT2D eigenvalue weighted by atomic mass is 10.1. The van der Waals surface area contributed by atoms with E-state index in [9.17, 15) is 4.79 Å². The first kappa shape index (κ1) is 24.9. The fraction of sp³-hybridized carbons (Fsp3) is 0.407. The Balaban J connectivity index is 1.53. The third kappa shape index (κ3) is 5.65. The summed E-state index contributed by atoms with van der Waals surface area (Å²) < 4.78 is 18.5. The lowest BCUT2D eigenvalue weighted by Crippen LogP contribution is -2.33. The van der Waals surface area contributed by atoms with Gasteiger partial charge in [-0.2, -0.15) is 0 Å². The number of hydrogen-bond acceptors (Lipinski definition) is 8. The number of H-pyrrole nitrogens is 1. The molecule has 10 nitrogen and oxygen atoms in total. The Morgan fingerprint density at radius 2 is 1.89 bits per heavy atom. The molecule has 10 heteroatoms. The molecule has 5 rings (SSSR count). The summed E-state index contributed by atoms with van der Waals surface area (Å²) in [4.78, 5) is 18.6. The van der Waals surface area contributed by atoms with Gasteiger partial charge in [-0.3, -0.25) is 9.69 Å². The molecule has 37 heavy (non-hydrogen) atoms. The molecular formula is C27H32N6O4. The Kier molecular flexibility index (Phi) is 7.76. The Morgan fingerprint density at radius 1 is 1.11 bits per heavy atom. The van der Waals surface area contributed by atoms with Crippen molar-refractivity contribution < 1.29 is 14.2 Å². The molecule has 194 valence electrons. The molecule has 0 bridgehead atoms. The smallest absolute Gasteiger partial charge is 0.252 e. The Morgan fingerprint density at radius 3 is 2.65 bits per heavy atom. The predicted molar refractivity (Wildman–Crippen MR) is 139 cm³/mol. The molecule has 3 heterocycles. The van der Waals surface area contributed by atoms with Crippen LogP contribution in [0.15, 0.2) is 53.3 Å². The molecule has 0 aliphatic carbocycles. The molecule has 0 saturated heterocycles. The number of fused-ring (bicyclic) bond motifs is 2. The number of benzene rings is 2. The number of nitrogens with zero attached hydrogens (tertiary/aromatic N) is 5. The van der Waals surface area contributed by atoms with E-state index in [1.807, 2.05) is 36.4 Å². The predicted octanol–water partition coefficient (Wildman–Crippen LogP) is 3.48. The van der Waals surface area contributed by atoms with Crippen LogP contribution in [0.2, 0.25) is 0 Å². The SMILES string of the molecule is CCCC(c1nnnn1CCOC)N(Cc1ccccc1)Cc1cc2cc3c(cc2[nH]c1=O)OCCO3. The van der Waals surface area contributed by atoms with Gasteiger partial charge in [-0.05, 0) is 34.5 Å². The largest absolute Gasteiger partial charge is 0.486 e. The monoisotopic (exact) mass is 504 g/mol.